The fraction of sp³-hybridized carbons (Fsp3) is 0.0909. The van der Waals surface area contributed by atoms with Gasteiger partial charge in [0.15, 0.2) is 0 Å². The maximum atomic E-state index is 13.6. The van der Waals surface area contributed by atoms with Crippen LogP contribution >= 0.6 is 11.8 Å². The van der Waals surface area contributed by atoms with E-state index in [0.29, 0.717) is 16.3 Å². The van der Waals surface area contributed by atoms with Crippen molar-refractivity contribution in [3.05, 3.63) is 88.3 Å². The third kappa shape index (κ3) is 3.16. The number of para-hydroxylation sites is 1. The highest BCUT2D eigenvalue weighted by Gasteiger charge is 2.36. The van der Waals surface area contributed by atoms with Crippen LogP contribution in [0.2, 0.25) is 0 Å². The van der Waals surface area contributed by atoms with Crippen LogP contribution < -0.4 is 4.90 Å². The zero-order chi connectivity index (χ0) is 19.8. The summed E-state index contributed by atoms with van der Waals surface area (Å²) in [4.78, 5) is 26.7. The first kappa shape index (κ1) is 18.3. The van der Waals surface area contributed by atoms with Crippen LogP contribution in [0.15, 0.2) is 65.6 Å². The summed E-state index contributed by atoms with van der Waals surface area (Å²) >= 11 is 0.923. The summed E-state index contributed by atoms with van der Waals surface area (Å²) in [5.41, 5.74) is 3.87. The number of rotatable bonds is 3. The Morgan fingerprint density at radius 3 is 2.36 bits per heavy atom. The van der Waals surface area contributed by atoms with E-state index < -0.39 is 0 Å². The van der Waals surface area contributed by atoms with Gasteiger partial charge in [-0.15, -0.1) is 0 Å². The number of benzene rings is 2. The van der Waals surface area contributed by atoms with Crippen molar-refractivity contribution in [2.45, 2.75) is 13.8 Å². The zero-order valence-electron chi connectivity index (χ0n) is 15.3. The molecular weight excluding hydrogens is 375 g/mol. The number of carbonyl (C=O) groups excluding carboxylic acids is 2. The maximum Gasteiger partial charge on any atom is 0.298 e. The van der Waals surface area contributed by atoms with Crippen LogP contribution in [-0.4, -0.2) is 15.7 Å². The molecule has 0 saturated carbocycles. The molecule has 0 aliphatic carbocycles. The molecule has 1 fully saturated rings. The number of anilines is 1. The smallest absolute Gasteiger partial charge is 0.298 e. The SMILES string of the molecule is Cc1cc(C=C2SC(=O)N(c3ccccc3)C2=O)c(C)n1-c1cccc(F)c1. The van der Waals surface area contributed by atoms with Gasteiger partial charge in [-0.3, -0.25) is 9.59 Å². The topological polar surface area (TPSA) is 42.3 Å². The van der Waals surface area contributed by atoms with E-state index in [-0.39, 0.29) is 17.0 Å². The highest BCUT2D eigenvalue weighted by molar-refractivity contribution is 8.19. The number of carbonyl (C=O) groups is 2. The van der Waals surface area contributed by atoms with Crippen molar-refractivity contribution in [3.8, 4) is 5.69 Å². The lowest BCUT2D eigenvalue weighted by molar-refractivity contribution is -0.113. The van der Waals surface area contributed by atoms with Crippen LogP contribution in [0.4, 0.5) is 14.9 Å². The van der Waals surface area contributed by atoms with Gasteiger partial charge in [0.05, 0.1) is 10.6 Å². The number of halogens is 1. The van der Waals surface area contributed by atoms with E-state index in [2.05, 4.69) is 0 Å². The molecule has 2 amide bonds. The van der Waals surface area contributed by atoms with Gasteiger partial charge in [-0.05, 0) is 73.6 Å². The zero-order valence-corrected chi connectivity index (χ0v) is 16.2. The van der Waals surface area contributed by atoms with Gasteiger partial charge in [0.1, 0.15) is 5.82 Å². The molecule has 1 aromatic heterocycles. The number of aryl methyl sites for hydroxylation is 1. The molecule has 1 saturated heterocycles. The van der Waals surface area contributed by atoms with Crippen LogP contribution in [0.25, 0.3) is 11.8 Å². The molecule has 0 spiro atoms. The van der Waals surface area contributed by atoms with Gasteiger partial charge in [-0.2, -0.15) is 0 Å². The van der Waals surface area contributed by atoms with E-state index in [1.54, 1.807) is 36.4 Å². The highest BCUT2D eigenvalue weighted by atomic mass is 32.2. The molecule has 4 nitrogen and oxygen atoms in total. The summed E-state index contributed by atoms with van der Waals surface area (Å²) in [6, 6.07) is 17.2. The Kier molecular flexibility index (Phi) is 4.65. The van der Waals surface area contributed by atoms with Gasteiger partial charge in [-0.25, -0.2) is 9.29 Å². The quantitative estimate of drug-likeness (QED) is 0.555. The van der Waals surface area contributed by atoms with E-state index in [4.69, 9.17) is 0 Å². The Bertz CT molecular complexity index is 1120. The van der Waals surface area contributed by atoms with Crippen molar-refractivity contribution in [2.24, 2.45) is 0 Å². The third-order valence-corrected chi connectivity index (χ3v) is 5.50. The van der Waals surface area contributed by atoms with Crippen molar-refractivity contribution in [2.75, 3.05) is 4.90 Å². The monoisotopic (exact) mass is 392 g/mol. The first-order valence-corrected chi connectivity index (χ1v) is 9.55. The van der Waals surface area contributed by atoms with Crippen LogP contribution in [0.3, 0.4) is 0 Å². The maximum absolute atomic E-state index is 13.6. The molecular formula is C22H17FN2O2S. The largest absolute Gasteiger partial charge is 0.318 e. The summed E-state index contributed by atoms with van der Waals surface area (Å²) in [6.45, 7) is 3.83. The summed E-state index contributed by atoms with van der Waals surface area (Å²) in [5.74, 6) is -0.646. The first-order chi connectivity index (χ1) is 13.5. The molecule has 0 atom stereocenters. The average Bonchev–Trinajstić information content (AvgIpc) is 3.11. The van der Waals surface area contributed by atoms with Crippen molar-refractivity contribution in [3.63, 3.8) is 0 Å². The molecule has 0 N–H and O–H groups in total. The number of nitrogens with zero attached hydrogens (tertiary/aromatic N) is 2. The molecule has 6 heteroatoms. The fourth-order valence-corrected chi connectivity index (χ4v) is 4.19. The Morgan fingerprint density at radius 2 is 1.64 bits per heavy atom. The lowest BCUT2D eigenvalue weighted by atomic mass is 10.2. The molecule has 1 aliphatic rings. The van der Waals surface area contributed by atoms with Gasteiger partial charge in [-0.1, -0.05) is 24.3 Å². The van der Waals surface area contributed by atoms with Crippen LogP contribution in [0.1, 0.15) is 17.0 Å². The minimum absolute atomic E-state index is 0.310. The number of hydrogen-bond acceptors (Lipinski definition) is 3. The molecule has 28 heavy (non-hydrogen) atoms. The molecule has 3 aromatic rings. The van der Waals surface area contributed by atoms with Crippen LogP contribution in [0.5, 0.6) is 0 Å². The van der Waals surface area contributed by atoms with Gasteiger partial charge in [0.2, 0.25) is 0 Å². The van der Waals surface area contributed by atoms with Crippen molar-refractivity contribution >= 4 is 34.7 Å². The third-order valence-electron chi connectivity index (χ3n) is 4.63. The second-order valence-electron chi connectivity index (χ2n) is 6.49. The van der Waals surface area contributed by atoms with Gasteiger partial charge >= 0.3 is 0 Å². The molecule has 0 radical (unpaired) electrons. The first-order valence-electron chi connectivity index (χ1n) is 8.73. The van der Waals surface area contributed by atoms with E-state index in [1.165, 1.54) is 17.0 Å². The highest BCUT2D eigenvalue weighted by Crippen LogP contribution is 2.36. The van der Waals surface area contributed by atoms with Crippen molar-refractivity contribution < 1.29 is 14.0 Å². The number of amides is 2. The molecule has 2 aromatic carbocycles. The lowest BCUT2D eigenvalue weighted by Crippen LogP contribution is -2.27. The van der Waals surface area contributed by atoms with E-state index >= 15 is 0 Å². The van der Waals surface area contributed by atoms with Crippen molar-refractivity contribution in [1.29, 1.82) is 0 Å². The predicted octanol–water partition coefficient (Wildman–Crippen LogP) is 5.47. The van der Waals surface area contributed by atoms with Gasteiger partial charge in [0, 0.05) is 17.1 Å². The predicted molar refractivity (Wildman–Crippen MR) is 110 cm³/mol. The summed E-state index contributed by atoms with van der Waals surface area (Å²) in [5, 5.41) is -0.318. The Hall–Kier alpha value is -3.12. The van der Waals surface area contributed by atoms with Gasteiger partial charge < -0.3 is 4.57 Å². The van der Waals surface area contributed by atoms with Crippen molar-refractivity contribution in [1.82, 2.24) is 4.57 Å². The minimum Gasteiger partial charge on any atom is -0.318 e. The van der Waals surface area contributed by atoms with Crippen LogP contribution in [0, 0.1) is 19.7 Å². The minimum atomic E-state index is -0.336. The lowest BCUT2D eigenvalue weighted by Gasteiger charge is -2.11. The van der Waals surface area contributed by atoms with Gasteiger partial charge in [0.25, 0.3) is 11.1 Å². The number of imide groups is 1. The van der Waals surface area contributed by atoms with E-state index in [0.717, 1.165) is 28.7 Å². The summed E-state index contributed by atoms with van der Waals surface area (Å²) in [6.07, 6.45) is 1.73. The number of hydrogen-bond donors (Lipinski definition) is 0. The molecule has 140 valence electrons. The Morgan fingerprint density at radius 1 is 0.929 bits per heavy atom. The summed E-state index contributed by atoms with van der Waals surface area (Å²) < 4.78 is 15.6. The molecule has 0 unspecified atom stereocenters. The van der Waals surface area contributed by atoms with E-state index in [9.17, 15) is 14.0 Å². The fourth-order valence-electron chi connectivity index (χ4n) is 3.35. The Balaban J connectivity index is 1.72. The number of aromatic nitrogens is 1. The molecule has 0 bridgehead atoms. The second-order valence-corrected chi connectivity index (χ2v) is 7.49. The number of thioether (sulfide) groups is 1. The molecule has 4 rings (SSSR count). The second kappa shape index (κ2) is 7.13. The summed E-state index contributed by atoms with van der Waals surface area (Å²) in [7, 11) is 0. The standard InChI is InChI=1S/C22H17FN2O2S/c1-14-11-16(15(2)24(14)19-10-6-7-17(23)13-19)12-20-21(26)25(22(27)28-20)18-8-4-3-5-9-18/h3-13H,1-2H3. The van der Waals surface area contributed by atoms with Crippen LogP contribution in [-0.2, 0) is 4.79 Å². The average molecular weight is 392 g/mol. The molecule has 2 heterocycles. The Labute approximate surface area is 166 Å². The molecule has 1 aliphatic heterocycles. The normalized spacial score (nSPS) is 15.7. The van der Waals surface area contributed by atoms with E-state index in [1.807, 2.05) is 36.6 Å².